The van der Waals surface area contributed by atoms with Crippen LogP contribution in [-0.4, -0.2) is 14.4 Å². The molecule has 2 aromatic heterocycles. The molecule has 0 radical (unpaired) electrons. The van der Waals surface area contributed by atoms with Crippen molar-refractivity contribution in [3.05, 3.63) is 34.8 Å². The quantitative estimate of drug-likeness (QED) is 0.700. The molecule has 1 N–H and O–H groups in total. The molecule has 66 valence electrons. The molecule has 0 bridgehead atoms. The van der Waals surface area contributed by atoms with Crippen molar-refractivity contribution in [1.29, 1.82) is 0 Å². The van der Waals surface area contributed by atoms with E-state index in [1.165, 1.54) is 12.8 Å². The molecule has 1 aliphatic carbocycles. The summed E-state index contributed by atoms with van der Waals surface area (Å²) in [5.41, 5.74) is 1.63. The molecule has 2 aromatic rings. The van der Waals surface area contributed by atoms with E-state index in [2.05, 4.69) is 9.97 Å². The van der Waals surface area contributed by atoms with E-state index in [9.17, 15) is 4.79 Å². The summed E-state index contributed by atoms with van der Waals surface area (Å²) in [7, 11) is 0. The normalized spacial score (nSPS) is 16.6. The minimum absolute atomic E-state index is 0.0399. The molecule has 0 spiro atoms. The maximum atomic E-state index is 11.5. The zero-order chi connectivity index (χ0) is 8.84. The number of nitrogens with zero attached hydrogens (tertiary/aromatic N) is 2. The monoisotopic (exact) mass is 175 g/mol. The second-order valence-corrected chi connectivity index (χ2v) is 3.45. The molecule has 1 aliphatic rings. The fraction of sp³-hybridized carbons (Fsp3) is 0.333. The first-order chi connectivity index (χ1) is 6.36. The molecule has 1 fully saturated rings. The molecule has 0 aliphatic heterocycles. The van der Waals surface area contributed by atoms with Gasteiger partial charge in [0.05, 0.1) is 12.0 Å². The molecule has 0 unspecified atom stereocenters. The van der Waals surface area contributed by atoms with Crippen LogP contribution in [0.2, 0.25) is 0 Å². The predicted molar refractivity (Wildman–Crippen MR) is 47.8 cm³/mol. The molecule has 2 heterocycles. The van der Waals surface area contributed by atoms with Gasteiger partial charge in [0.25, 0.3) is 5.56 Å². The van der Waals surface area contributed by atoms with Crippen molar-refractivity contribution in [1.82, 2.24) is 14.4 Å². The first kappa shape index (κ1) is 6.88. The van der Waals surface area contributed by atoms with Crippen LogP contribution in [0.5, 0.6) is 0 Å². The summed E-state index contributed by atoms with van der Waals surface area (Å²) < 4.78 is 1.78. The Morgan fingerprint density at radius 1 is 1.54 bits per heavy atom. The molecular weight excluding hydrogens is 166 g/mol. The van der Waals surface area contributed by atoms with Gasteiger partial charge in [-0.3, -0.25) is 9.20 Å². The number of hydrogen-bond donors (Lipinski definition) is 1. The maximum absolute atomic E-state index is 11.5. The van der Waals surface area contributed by atoms with Gasteiger partial charge in [0.2, 0.25) is 0 Å². The van der Waals surface area contributed by atoms with Crippen LogP contribution in [0.15, 0.2) is 23.5 Å². The highest BCUT2D eigenvalue weighted by Gasteiger charge is 2.28. The van der Waals surface area contributed by atoms with E-state index in [4.69, 9.17) is 0 Å². The Morgan fingerprint density at radius 3 is 3.15 bits per heavy atom. The van der Waals surface area contributed by atoms with Crippen LogP contribution >= 0.6 is 0 Å². The van der Waals surface area contributed by atoms with E-state index in [1.54, 1.807) is 16.9 Å². The van der Waals surface area contributed by atoms with Gasteiger partial charge >= 0.3 is 0 Å². The van der Waals surface area contributed by atoms with Crippen LogP contribution in [0.1, 0.15) is 24.5 Å². The Kier molecular flexibility index (Phi) is 1.17. The molecule has 0 atom stereocenters. The SMILES string of the molecule is O=c1[nH]ccn2cnc(C3CC3)c12. The molecule has 4 nitrogen and oxygen atoms in total. The van der Waals surface area contributed by atoms with Crippen molar-refractivity contribution < 1.29 is 0 Å². The van der Waals surface area contributed by atoms with Crippen molar-refractivity contribution in [3.63, 3.8) is 0 Å². The third-order valence-electron chi connectivity index (χ3n) is 2.45. The van der Waals surface area contributed by atoms with Crippen molar-refractivity contribution in [2.45, 2.75) is 18.8 Å². The van der Waals surface area contributed by atoms with Gasteiger partial charge in [-0.1, -0.05) is 0 Å². The zero-order valence-electron chi connectivity index (χ0n) is 7.03. The number of H-pyrrole nitrogens is 1. The third-order valence-corrected chi connectivity index (χ3v) is 2.45. The number of fused-ring (bicyclic) bond motifs is 1. The van der Waals surface area contributed by atoms with Crippen molar-refractivity contribution in [2.24, 2.45) is 0 Å². The van der Waals surface area contributed by atoms with Crippen LogP contribution < -0.4 is 5.56 Å². The van der Waals surface area contributed by atoms with E-state index >= 15 is 0 Å². The van der Waals surface area contributed by atoms with Gasteiger partial charge in [-0.2, -0.15) is 0 Å². The molecule has 0 saturated heterocycles. The second kappa shape index (κ2) is 2.22. The minimum atomic E-state index is -0.0399. The van der Waals surface area contributed by atoms with Gasteiger partial charge < -0.3 is 4.98 Å². The number of rotatable bonds is 1. The summed E-state index contributed by atoms with van der Waals surface area (Å²) in [4.78, 5) is 18.4. The predicted octanol–water partition coefficient (Wildman–Crippen LogP) is 0.900. The lowest BCUT2D eigenvalue weighted by atomic mass is 10.3. The Hall–Kier alpha value is -1.58. The number of imidazole rings is 1. The minimum Gasteiger partial charge on any atom is -0.326 e. The first-order valence-corrected chi connectivity index (χ1v) is 4.40. The van der Waals surface area contributed by atoms with Gasteiger partial charge in [0, 0.05) is 18.3 Å². The van der Waals surface area contributed by atoms with Gasteiger partial charge in [-0.05, 0) is 12.8 Å². The fourth-order valence-electron chi connectivity index (χ4n) is 1.64. The summed E-state index contributed by atoms with van der Waals surface area (Å²) in [5.74, 6) is 0.522. The Bertz CT molecular complexity index is 507. The fourth-order valence-corrected chi connectivity index (χ4v) is 1.64. The highest BCUT2D eigenvalue weighted by Crippen LogP contribution is 2.40. The molecule has 3 rings (SSSR count). The molecular formula is C9H9N3O. The Labute approximate surface area is 74.2 Å². The van der Waals surface area contributed by atoms with Gasteiger partial charge in [0.1, 0.15) is 5.52 Å². The summed E-state index contributed by atoms with van der Waals surface area (Å²) in [6.45, 7) is 0. The summed E-state index contributed by atoms with van der Waals surface area (Å²) in [5, 5.41) is 0. The van der Waals surface area contributed by atoms with Gasteiger partial charge in [0.15, 0.2) is 0 Å². The topological polar surface area (TPSA) is 50.2 Å². The highest BCUT2D eigenvalue weighted by molar-refractivity contribution is 5.52. The number of hydrogen-bond acceptors (Lipinski definition) is 2. The average molecular weight is 175 g/mol. The van der Waals surface area contributed by atoms with Crippen LogP contribution in [0.3, 0.4) is 0 Å². The third kappa shape index (κ3) is 0.915. The van der Waals surface area contributed by atoms with Crippen molar-refractivity contribution in [2.75, 3.05) is 0 Å². The van der Waals surface area contributed by atoms with E-state index in [0.717, 1.165) is 5.69 Å². The average Bonchev–Trinajstić information content (AvgIpc) is 2.87. The van der Waals surface area contributed by atoms with E-state index in [-0.39, 0.29) is 5.56 Å². The number of nitrogens with one attached hydrogen (secondary N) is 1. The molecule has 0 aromatic carbocycles. The van der Waals surface area contributed by atoms with Crippen LogP contribution in [0.4, 0.5) is 0 Å². The first-order valence-electron chi connectivity index (χ1n) is 4.40. The maximum Gasteiger partial charge on any atom is 0.274 e. The second-order valence-electron chi connectivity index (χ2n) is 3.45. The molecule has 13 heavy (non-hydrogen) atoms. The summed E-state index contributed by atoms with van der Waals surface area (Å²) >= 11 is 0. The smallest absolute Gasteiger partial charge is 0.274 e. The number of aromatic amines is 1. The molecule has 4 heteroatoms. The Balaban J connectivity index is 2.41. The summed E-state index contributed by atoms with van der Waals surface area (Å²) in [6, 6.07) is 0. The lowest BCUT2D eigenvalue weighted by Gasteiger charge is -1.92. The van der Waals surface area contributed by atoms with E-state index in [0.29, 0.717) is 11.4 Å². The Morgan fingerprint density at radius 2 is 2.38 bits per heavy atom. The van der Waals surface area contributed by atoms with Crippen LogP contribution in [0.25, 0.3) is 5.52 Å². The van der Waals surface area contributed by atoms with E-state index in [1.807, 2.05) is 6.20 Å². The lowest BCUT2D eigenvalue weighted by molar-refractivity contribution is 1.06. The van der Waals surface area contributed by atoms with E-state index < -0.39 is 0 Å². The number of aromatic nitrogens is 3. The largest absolute Gasteiger partial charge is 0.326 e. The van der Waals surface area contributed by atoms with Gasteiger partial charge in [-0.25, -0.2) is 4.98 Å². The zero-order valence-corrected chi connectivity index (χ0v) is 7.03. The standard InChI is InChI=1S/C9H9N3O/c13-9-8-7(6-1-2-6)11-5-12(8)4-3-10-9/h3-6H,1-2H2,(H,10,13). The van der Waals surface area contributed by atoms with Crippen LogP contribution in [0, 0.1) is 0 Å². The highest BCUT2D eigenvalue weighted by atomic mass is 16.1. The van der Waals surface area contributed by atoms with Crippen LogP contribution in [-0.2, 0) is 0 Å². The summed E-state index contributed by atoms with van der Waals surface area (Å²) in [6.07, 6.45) is 7.49. The van der Waals surface area contributed by atoms with Gasteiger partial charge in [-0.15, -0.1) is 0 Å². The van der Waals surface area contributed by atoms with Crippen molar-refractivity contribution in [3.8, 4) is 0 Å². The van der Waals surface area contributed by atoms with Crippen molar-refractivity contribution >= 4 is 5.52 Å². The lowest BCUT2D eigenvalue weighted by Crippen LogP contribution is -2.08. The molecule has 1 saturated carbocycles. The molecule has 0 amide bonds.